The fraction of sp³-hybridized carbons (Fsp3) is 0.464. The average molecular weight is 631 g/mol. The molecule has 0 spiro atoms. The maximum absolute atomic E-state index is 12.7. The first-order chi connectivity index (χ1) is 21.1. The molecule has 0 aliphatic carbocycles. The lowest BCUT2D eigenvalue weighted by Gasteiger charge is -2.15. The van der Waals surface area contributed by atoms with E-state index in [1.165, 1.54) is 18.3 Å². The van der Waals surface area contributed by atoms with Crippen LogP contribution in [0.1, 0.15) is 42.7 Å². The number of nitrogen functional groups attached to an aromatic ring is 1. The van der Waals surface area contributed by atoms with Crippen LogP contribution in [0.15, 0.2) is 35.3 Å². The number of carboxylic acid groups (broad SMARTS) is 1. The zero-order valence-electron chi connectivity index (χ0n) is 24.6. The number of fused-ring (bicyclic) bond motifs is 1. The highest BCUT2D eigenvalue weighted by atomic mass is 32.2. The Balaban J connectivity index is 1.36. The largest absolute Gasteiger partial charge is 0.480 e. The van der Waals surface area contributed by atoms with Gasteiger partial charge in [0.2, 0.25) is 11.9 Å². The van der Waals surface area contributed by atoms with E-state index in [0.717, 1.165) is 5.75 Å². The molecule has 238 valence electrons. The van der Waals surface area contributed by atoms with E-state index in [4.69, 9.17) is 15.2 Å². The molecule has 44 heavy (non-hydrogen) atoms. The highest BCUT2D eigenvalue weighted by Crippen LogP contribution is 2.12. The van der Waals surface area contributed by atoms with Crippen LogP contribution < -0.4 is 27.2 Å². The number of nitrogens with two attached hydrogens (primary N) is 1. The van der Waals surface area contributed by atoms with Gasteiger partial charge in [0.05, 0.1) is 44.9 Å². The standard InChI is InChI=1S/C28H38N8O7S/c1-17(2)44-14-13-43-12-11-42-10-9-30-22(37)8-7-21(27(40)41)34-25(38)18-3-5-19(6-4-18)31-15-20-16-32-24-23(33-20)26(39)36-28(29)35-24/h3-6,16-17,21,31H,7-15H2,1-2H3,(H,30,37)(H,34,38)(H,40,41)(H3,29,32,35,36,39). The average Bonchev–Trinajstić information content (AvgIpc) is 2.99. The van der Waals surface area contributed by atoms with Gasteiger partial charge in [0.15, 0.2) is 11.2 Å². The molecule has 0 bridgehead atoms. The molecule has 0 radical (unpaired) electrons. The van der Waals surface area contributed by atoms with Crippen molar-refractivity contribution >= 4 is 52.3 Å². The Morgan fingerprint density at radius 2 is 1.80 bits per heavy atom. The van der Waals surface area contributed by atoms with Gasteiger partial charge in [-0.05, 0) is 35.9 Å². The monoisotopic (exact) mass is 630 g/mol. The summed E-state index contributed by atoms with van der Waals surface area (Å²) in [5, 5.41) is 18.4. The first-order valence-corrected chi connectivity index (χ1v) is 15.1. The van der Waals surface area contributed by atoms with E-state index in [9.17, 15) is 24.3 Å². The number of ether oxygens (including phenoxy) is 2. The van der Waals surface area contributed by atoms with Gasteiger partial charge in [-0.15, -0.1) is 0 Å². The molecule has 3 aromatic rings. The summed E-state index contributed by atoms with van der Waals surface area (Å²) in [6.07, 6.45) is 1.31. The Bertz CT molecular complexity index is 1450. The molecule has 7 N–H and O–H groups in total. The number of anilines is 2. The smallest absolute Gasteiger partial charge is 0.326 e. The summed E-state index contributed by atoms with van der Waals surface area (Å²) in [7, 11) is 0. The Hall–Kier alpha value is -4.28. The van der Waals surface area contributed by atoms with E-state index in [-0.39, 0.29) is 54.5 Å². The second-order valence-electron chi connectivity index (χ2n) is 9.81. The van der Waals surface area contributed by atoms with Crippen molar-refractivity contribution in [1.29, 1.82) is 0 Å². The van der Waals surface area contributed by atoms with Crippen molar-refractivity contribution in [1.82, 2.24) is 30.6 Å². The minimum atomic E-state index is -1.24. The number of hydrogen-bond acceptors (Lipinski definition) is 12. The van der Waals surface area contributed by atoms with Crippen LogP contribution in [0.2, 0.25) is 0 Å². The number of amides is 2. The number of carbonyl (C=O) groups is 3. The predicted octanol–water partition coefficient (Wildman–Crippen LogP) is 1.16. The number of aliphatic carboxylic acids is 1. The maximum atomic E-state index is 12.7. The normalized spacial score (nSPS) is 11.8. The summed E-state index contributed by atoms with van der Waals surface area (Å²) in [5.41, 5.74) is 6.60. The molecule has 0 aliphatic heterocycles. The molecule has 2 heterocycles. The molecule has 2 aromatic heterocycles. The molecule has 0 fully saturated rings. The van der Waals surface area contributed by atoms with E-state index >= 15 is 0 Å². The van der Waals surface area contributed by atoms with Gasteiger partial charge < -0.3 is 36.3 Å². The molecule has 1 unspecified atom stereocenters. The highest BCUT2D eigenvalue weighted by molar-refractivity contribution is 7.99. The quantitative estimate of drug-likeness (QED) is 0.102. The first kappa shape index (κ1) is 34.2. The summed E-state index contributed by atoms with van der Waals surface area (Å²) < 4.78 is 10.9. The van der Waals surface area contributed by atoms with Gasteiger partial charge in [0.1, 0.15) is 6.04 Å². The van der Waals surface area contributed by atoms with E-state index in [2.05, 4.69) is 49.7 Å². The summed E-state index contributed by atoms with van der Waals surface area (Å²) in [5.74, 6) is -1.29. The second-order valence-corrected chi connectivity index (χ2v) is 11.5. The molecule has 16 heteroatoms. The van der Waals surface area contributed by atoms with Crippen molar-refractivity contribution in [2.75, 3.05) is 49.8 Å². The number of benzene rings is 1. The van der Waals surface area contributed by atoms with Crippen molar-refractivity contribution in [3.05, 3.63) is 52.1 Å². The molecule has 15 nitrogen and oxygen atoms in total. The van der Waals surface area contributed by atoms with Crippen LogP contribution in [0.5, 0.6) is 0 Å². The molecule has 1 aromatic carbocycles. The van der Waals surface area contributed by atoms with Crippen molar-refractivity contribution in [3.63, 3.8) is 0 Å². The molecular formula is C28H38N8O7S. The molecule has 0 saturated carbocycles. The predicted molar refractivity (Wildman–Crippen MR) is 167 cm³/mol. The van der Waals surface area contributed by atoms with Crippen LogP contribution in [0.3, 0.4) is 0 Å². The Labute approximate surface area is 258 Å². The van der Waals surface area contributed by atoms with Gasteiger partial charge in [-0.1, -0.05) is 13.8 Å². The van der Waals surface area contributed by atoms with E-state index in [0.29, 0.717) is 43.1 Å². The van der Waals surface area contributed by atoms with Crippen LogP contribution in [0.4, 0.5) is 11.6 Å². The van der Waals surface area contributed by atoms with Crippen LogP contribution in [0, 0.1) is 0 Å². The van der Waals surface area contributed by atoms with Crippen molar-refractivity contribution < 1.29 is 29.0 Å². The first-order valence-electron chi connectivity index (χ1n) is 14.0. The third kappa shape index (κ3) is 11.8. The van der Waals surface area contributed by atoms with Gasteiger partial charge in [-0.2, -0.15) is 16.7 Å². The van der Waals surface area contributed by atoms with Gasteiger partial charge in [-0.3, -0.25) is 19.4 Å². The second kappa shape index (κ2) is 17.7. The summed E-state index contributed by atoms with van der Waals surface area (Å²) in [6, 6.07) is 5.10. The summed E-state index contributed by atoms with van der Waals surface area (Å²) in [6.45, 7) is 6.65. The topological polar surface area (TPSA) is 224 Å². The van der Waals surface area contributed by atoms with Crippen LogP contribution in [0.25, 0.3) is 11.2 Å². The lowest BCUT2D eigenvalue weighted by molar-refractivity contribution is -0.139. The van der Waals surface area contributed by atoms with Gasteiger partial charge >= 0.3 is 5.97 Å². The number of rotatable bonds is 19. The zero-order valence-corrected chi connectivity index (χ0v) is 25.4. The number of nitrogens with zero attached hydrogens (tertiary/aromatic N) is 3. The lowest BCUT2D eigenvalue weighted by atomic mass is 10.1. The molecule has 1 atom stereocenters. The van der Waals surface area contributed by atoms with Crippen LogP contribution >= 0.6 is 11.8 Å². The van der Waals surface area contributed by atoms with Crippen LogP contribution in [-0.2, 0) is 25.6 Å². The number of nitrogens with one attached hydrogen (secondary N) is 4. The van der Waals surface area contributed by atoms with Crippen LogP contribution in [-0.4, -0.2) is 92.8 Å². The van der Waals surface area contributed by atoms with Gasteiger partial charge in [0, 0.05) is 30.0 Å². The van der Waals surface area contributed by atoms with E-state index < -0.39 is 23.5 Å². The SMILES string of the molecule is CC(C)SCCOCCOCCNC(=O)CCC(NC(=O)c1ccc(NCc2cnc3nc(N)[nH]c(=O)c3n2)cc1)C(=O)O. The van der Waals surface area contributed by atoms with Gasteiger partial charge in [-0.25, -0.2) is 14.8 Å². The summed E-state index contributed by atoms with van der Waals surface area (Å²) >= 11 is 1.83. The minimum absolute atomic E-state index is 0.0482. The Kier molecular flexibility index (Phi) is 13.8. The van der Waals surface area contributed by atoms with Crippen molar-refractivity contribution in [2.24, 2.45) is 0 Å². The third-order valence-electron chi connectivity index (χ3n) is 5.99. The Morgan fingerprint density at radius 1 is 1.07 bits per heavy atom. The molecular weight excluding hydrogens is 592 g/mol. The number of carboxylic acids is 1. The number of carbonyl (C=O) groups excluding carboxylic acids is 2. The number of hydrogen-bond donors (Lipinski definition) is 6. The van der Waals surface area contributed by atoms with E-state index in [1.54, 1.807) is 12.1 Å². The zero-order chi connectivity index (χ0) is 31.9. The molecule has 2 amide bonds. The molecule has 3 rings (SSSR count). The number of thioether (sulfide) groups is 1. The maximum Gasteiger partial charge on any atom is 0.326 e. The van der Waals surface area contributed by atoms with Crippen molar-refractivity contribution in [3.8, 4) is 0 Å². The molecule has 0 aliphatic rings. The molecule has 0 saturated heterocycles. The number of H-pyrrole nitrogens is 1. The minimum Gasteiger partial charge on any atom is -0.480 e. The van der Waals surface area contributed by atoms with E-state index in [1.807, 2.05) is 11.8 Å². The summed E-state index contributed by atoms with van der Waals surface area (Å²) in [4.78, 5) is 63.2. The lowest BCUT2D eigenvalue weighted by Crippen LogP contribution is -2.41. The highest BCUT2D eigenvalue weighted by Gasteiger charge is 2.21. The third-order valence-corrected chi connectivity index (χ3v) is 7.06. The fourth-order valence-electron chi connectivity index (χ4n) is 3.78. The number of aromatic amines is 1. The number of aromatic nitrogens is 4. The fourth-order valence-corrected chi connectivity index (χ4v) is 4.46. The Morgan fingerprint density at radius 3 is 2.50 bits per heavy atom. The van der Waals surface area contributed by atoms with Crippen molar-refractivity contribution in [2.45, 2.75) is 44.5 Å². The van der Waals surface area contributed by atoms with Gasteiger partial charge in [0.25, 0.3) is 11.5 Å².